The highest BCUT2D eigenvalue weighted by Crippen LogP contribution is 2.17. The van der Waals surface area contributed by atoms with Gasteiger partial charge in [-0.05, 0) is 41.8 Å². The lowest BCUT2D eigenvalue weighted by Gasteiger charge is -2.26. The van der Waals surface area contributed by atoms with Crippen LogP contribution in [0.15, 0.2) is 47.4 Å². The van der Waals surface area contributed by atoms with Gasteiger partial charge in [-0.15, -0.1) is 0 Å². The van der Waals surface area contributed by atoms with Crippen molar-refractivity contribution in [3.63, 3.8) is 0 Å². The standard InChI is InChI=1S/C19H23FN2O3S/c1-15-11-18(20)5-6-19(15)26(23,24)21-13-16-3-2-4-17(12-16)14-22-7-9-25-10-8-22/h2-6,11-12,21H,7-10,13-14H2,1H3. The molecule has 0 unspecified atom stereocenters. The molecular formula is C19H23FN2O3S. The van der Waals surface area contributed by atoms with Crippen LogP contribution in [0.2, 0.25) is 0 Å². The number of hydrogen-bond acceptors (Lipinski definition) is 4. The van der Waals surface area contributed by atoms with Crippen LogP contribution in [0.3, 0.4) is 0 Å². The second kappa shape index (κ2) is 8.26. The fraction of sp³-hybridized carbons (Fsp3) is 0.368. The van der Waals surface area contributed by atoms with E-state index in [0.29, 0.717) is 5.56 Å². The minimum absolute atomic E-state index is 0.100. The van der Waals surface area contributed by atoms with Crippen LogP contribution in [0.25, 0.3) is 0 Å². The van der Waals surface area contributed by atoms with Crippen molar-refractivity contribution in [3.05, 3.63) is 65.0 Å². The number of rotatable bonds is 6. The number of ether oxygens (including phenoxy) is 1. The van der Waals surface area contributed by atoms with Gasteiger partial charge in [-0.3, -0.25) is 4.90 Å². The first kappa shape index (κ1) is 19.0. The first-order chi connectivity index (χ1) is 12.4. The third-order valence-electron chi connectivity index (χ3n) is 4.39. The minimum Gasteiger partial charge on any atom is -0.379 e. The molecule has 5 nitrogen and oxygen atoms in total. The number of halogens is 1. The molecule has 0 spiro atoms. The van der Waals surface area contributed by atoms with Crippen LogP contribution in [0.1, 0.15) is 16.7 Å². The molecule has 3 rings (SSSR count). The summed E-state index contributed by atoms with van der Waals surface area (Å²) >= 11 is 0. The lowest BCUT2D eigenvalue weighted by atomic mass is 10.1. The summed E-state index contributed by atoms with van der Waals surface area (Å²) in [4.78, 5) is 2.41. The number of aryl methyl sites for hydroxylation is 1. The van der Waals surface area contributed by atoms with Crippen LogP contribution in [0.5, 0.6) is 0 Å². The van der Waals surface area contributed by atoms with Gasteiger partial charge >= 0.3 is 0 Å². The van der Waals surface area contributed by atoms with E-state index in [9.17, 15) is 12.8 Å². The summed E-state index contributed by atoms with van der Waals surface area (Å²) < 4.78 is 46.1. The Kier molecular flexibility index (Phi) is 6.03. The van der Waals surface area contributed by atoms with Crippen molar-refractivity contribution in [1.29, 1.82) is 0 Å². The summed E-state index contributed by atoms with van der Waals surface area (Å²) in [6.07, 6.45) is 0. The monoisotopic (exact) mass is 378 g/mol. The molecule has 0 bridgehead atoms. The molecule has 0 radical (unpaired) electrons. The number of morpholine rings is 1. The third-order valence-corrected chi connectivity index (χ3v) is 5.96. The van der Waals surface area contributed by atoms with E-state index in [0.717, 1.165) is 50.0 Å². The zero-order valence-corrected chi connectivity index (χ0v) is 15.6. The Bertz CT molecular complexity index is 865. The Hall–Kier alpha value is -1.80. The molecule has 2 aromatic carbocycles. The van der Waals surface area contributed by atoms with Crippen LogP contribution in [0, 0.1) is 12.7 Å². The molecule has 0 amide bonds. The summed E-state index contributed by atoms with van der Waals surface area (Å²) in [5.41, 5.74) is 2.42. The molecule has 1 aliphatic heterocycles. The lowest BCUT2D eigenvalue weighted by Crippen LogP contribution is -2.35. The molecule has 1 fully saturated rings. The molecule has 0 saturated carbocycles. The van der Waals surface area contributed by atoms with Crippen molar-refractivity contribution in [1.82, 2.24) is 9.62 Å². The van der Waals surface area contributed by atoms with E-state index in [-0.39, 0.29) is 11.4 Å². The first-order valence-electron chi connectivity index (χ1n) is 8.58. The lowest BCUT2D eigenvalue weighted by molar-refractivity contribution is 0.0342. The summed E-state index contributed by atoms with van der Waals surface area (Å²) in [6.45, 7) is 5.89. The predicted molar refractivity (Wildman–Crippen MR) is 97.7 cm³/mol. The van der Waals surface area contributed by atoms with E-state index in [1.54, 1.807) is 6.92 Å². The largest absolute Gasteiger partial charge is 0.379 e. The van der Waals surface area contributed by atoms with E-state index >= 15 is 0 Å². The molecule has 140 valence electrons. The molecule has 0 aliphatic carbocycles. The number of sulfonamides is 1. The molecule has 1 heterocycles. The van der Waals surface area contributed by atoms with Gasteiger partial charge in [-0.1, -0.05) is 24.3 Å². The van der Waals surface area contributed by atoms with E-state index in [1.165, 1.54) is 12.1 Å². The fourth-order valence-corrected chi connectivity index (χ4v) is 4.27. The van der Waals surface area contributed by atoms with Gasteiger partial charge in [0.2, 0.25) is 10.0 Å². The SMILES string of the molecule is Cc1cc(F)ccc1S(=O)(=O)NCc1cccc(CN2CCOCC2)c1. The number of nitrogens with zero attached hydrogens (tertiary/aromatic N) is 1. The van der Waals surface area contributed by atoms with Crippen LogP contribution in [0.4, 0.5) is 4.39 Å². The maximum absolute atomic E-state index is 13.2. The van der Waals surface area contributed by atoms with Gasteiger partial charge in [0.1, 0.15) is 5.82 Å². The maximum Gasteiger partial charge on any atom is 0.241 e. The van der Waals surface area contributed by atoms with Crippen molar-refractivity contribution in [2.75, 3.05) is 26.3 Å². The third kappa shape index (κ3) is 4.88. The number of nitrogens with one attached hydrogen (secondary N) is 1. The summed E-state index contributed by atoms with van der Waals surface area (Å²) in [5.74, 6) is -0.447. The average Bonchev–Trinajstić information content (AvgIpc) is 2.61. The second-order valence-corrected chi connectivity index (χ2v) is 8.18. The quantitative estimate of drug-likeness (QED) is 0.839. The molecule has 0 atom stereocenters. The van der Waals surface area contributed by atoms with Gasteiger partial charge in [0.25, 0.3) is 0 Å². The Balaban J connectivity index is 1.66. The molecule has 7 heteroatoms. The van der Waals surface area contributed by atoms with Gasteiger partial charge < -0.3 is 4.74 Å². The van der Waals surface area contributed by atoms with Gasteiger partial charge in [0.05, 0.1) is 18.1 Å². The molecule has 1 N–H and O–H groups in total. The second-order valence-electron chi connectivity index (χ2n) is 6.44. The predicted octanol–water partition coefficient (Wildman–Crippen LogP) is 2.44. The van der Waals surface area contributed by atoms with E-state index in [2.05, 4.69) is 9.62 Å². The van der Waals surface area contributed by atoms with E-state index < -0.39 is 15.8 Å². The van der Waals surface area contributed by atoms with E-state index in [4.69, 9.17) is 4.74 Å². The smallest absolute Gasteiger partial charge is 0.241 e. The van der Waals surface area contributed by atoms with Crippen molar-refractivity contribution >= 4 is 10.0 Å². The molecule has 26 heavy (non-hydrogen) atoms. The number of hydrogen-bond donors (Lipinski definition) is 1. The van der Waals surface area contributed by atoms with E-state index in [1.807, 2.05) is 24.3 Å². The zero-order valence-electron chi connectivity index (χ0n) is 14.7. The average molecular weight is 378 g/mol. The van der Waals surface area contributed by atoms with Crippen molar-refractivity contribution in [3.8, 4) is 0 Å². The normalized spacial score (nSPS) is 15.9. The Morgan fingerprint density at radius 2 is 1.85 bits per heavy atom. The highest BCUT2D eigenvalue weighted by molar-refractivity contribution is 7.89. The molecule has 1 aliphatic rings. The molecule has 2 aromatic rings. The molecule has 1 saturated heterocycles. The van der Waals surface area contributed by atoms with Crippen LogP contribution >= 0.6 is 0 Å². The van der Waals surface area contributed by atoms with Gasteiger partial charge in [0.15, 0.2) is 0 Å². The fourth-order valence-electron chi connectivity index (χ4n) is 3.03. The topological polar surface area (TPSA) is 58.6 Å². The van der Waals surface area contributed by atoms with Crippen LogP contribution < -0.4 is 4.72 Å². The summed E-state index contributed by atoms with van der Waals surface area (Å²) in [5, 5.41) is 0. The maximum atomic E-state index is 13.2. The summed E-state index contributed by atoms with van der Waals surface area (Å²) in [6, 6.07) is 11.5. The Morgan fingerprint density at radius 1 is 1.12 bits per heavy atom. The Labute approximate surface area is 153 Å². The van der Waals surface area contributed by atoms with Crippen molar-refractivity contribution < 1.29 is 17.5 Å². The first-order valence-corrected chi connectivity index (χ1v) is 10.1. The molecule has 0 aromatic heterocycles. The summed E-state index contributed by atoms with van der Waals surface area (Å²) in [7, 11) is -3.69. The van der Waals surface area contributed by atoms with Gasteiger partial charge in [-0.2, -0.15) is 0 Å². The van der Waals surface area contributed by atoms with Crippen molar-refractivity contribution in [2.24, 2.45) is 0 Å². The Morgan fingerprint density at radius 3 is 2.58 bits per heavy atom. The zero-order chi connectivity index (χ0) is 18.6. The van der Waals surface area contributed by atoms with Crippen molar-refractivity contribution in [2.45, 2.75) is 24.9 Å². The number of benzene rings is 2. The highest BCUT2D eigenvalue weighted by atomic mass is 32.2. The highest BCUT2D eigenvalue weighted by Gasteiger charge is 2.17. The van der Waals surface area contributed by atoms with Crippen LogP contribution in [-0.2, 0) is 27.8 Å². The van der Waals surface area contributed by atoms with Crippen LogP contribution in [-0.4, -0.2) is 39.6 Å². The molecular weight excluding hydrogens is 355 g/mol. The minimum atomic E-state index is -3.69. The van der Waals surface area contributed by atoms with Gasteiger partial charge in [-0.25, -0.2) is 17.5 Å². The van der Waals surface area contributed by atoms with Gasteiger partial charge in [0, 0.05) is 26.2 Å².